The summed E-state index contributed by atoms with van der Waals surface area (Å²) in [5.74, 6) is 1.60. The van der Waals surface area contributed by atoms with E-state index in [1.165, 1.54) is 6.42 Å². The highest BCUT2D eigenvalue weighted by atomic mass is 16.5. The number of rotatable bonds is 6. The van der Waals surface area contributed by atoms with Gasteiger partial charge in [0.1, 0.15) is 5.75 Å². The first-order chi connectivity index (χ1) is 11.1. The molecule has 23 heavy (non-hydrogen) atoms. The Balaban J connectivity index is 1.90. The molecule has 2 rings (SSSR count). The highest BCUT2D eigenvalue weighted by molar-refractivity contribution is 5.79. The van der Waals surface area contributed by atoms with Crippen LogP contribution in [0.15, 0.2) is 29.3 Å². The van der Waals surface area contributed by atoms with Crippen LogP contribution in [0, 0.1) is 0 Å². The Labute approximate surface area is 139 Å². The average Bonchev–Trinajstić information content (AvgIpc) is 2.58. The van der Waals surface area contributed by atoms with Crippen molar-refractivity contribution in [2.75, 3.05) is 20.2 Å². The maximum Gasteiger partial charge on any atom is 0.191 e. The molecule has 0 aliphatic heterocycles. The Bertz CT molecular complexity index is 493. The van der Waals surface area contributed by atoms with E-state index in [0.717, 1.165) is 49.5 Å². The lowest BCUT2D eigenvalue weighted by Crippen LogP contribution is -2.48. The fourth-order valence-electron chi connectivity index (χ4n) is 2.88. The van der Waals surface area contributed by atoms with Crippen LogP contribution in [0.4, 0.5) is 0 Å². The van der Waals surface area contributed by atoms with Crippen molar-refractivity contribution in [1.82, 2.24) is 10.6 Å². The molecule has 0 aromatic heterocycles. The van der Waals surface area contributed by atoms with Crippen molar-refractivity contribution in [3.63, 3.8) is 0 Å². The molecule has 0 spiro atoms. The fourth-order valence-corrected chi connectivity index (χ4v) is 2.88. The number of aliphatic hydroxyl groups is 1. The summed E-state index contributed by atoms with van der Waals surface area (Å²) < 4.78 is 5.16. The van der Waals surface area contributed by atoms with Crippen LogP contribution in [0.1, 0.15) is 44.6 Å². The van der Waals surface area contributed by atoms with Gasteiger partial charge in [-0.15, -0.1) is 0 Å². The molecule has 1 aliphatic carbocycles. The average molecular weight is 319 g/mol. The molecule has 1 aromatic carbocycles. The zero-order valence-corrected chi connectivity index (χ0v) is 14.3. The third-order valence-electron chi connectivity index (χ3n) is 4.29. The third kappa shape index (κ3) is 5.75. The second-order valence-electron chi connectivity index (χ2n) is 6.18. The van der Waals surface area contributed by atoms with Crippen molar-refractivity contribution in [2.45, 2.75) is 51.2 Å². The molecule has 0 heterocycles. The number of nitrogens with one attached hydrogen (secondary N) is 2. The lowest BCUT2D eigenvalue weighted by molar-refractivity contribution is 0.00859. The van der Waals surface area contributed by atoms with Gasteiger partial charge in [0.05, 0.1) is 19.3 Å². The van der Waals surface area contributed by atoms with E-state index >= 15 is 0 Å². The number of ether oxygens (including phenoxy) is 1. The van der Waals surface area contributed by atoms with E-state index in [0.29, 0.717) is 13.1 Å². The Morgan fingerprint density at radius 2 is 1.87 bits per heavy atom. The monoisotopic (exact) mass is 319 g/mol. The van der Waals surface area contributed by atoms with Crippen molar-refractivity contribution in [2.24, 2.45) is 4.99 Å². The molecule has 1 saturated carbocycles. The van der Waals surface area contributed by atoms with E-state index in [1.807, 2.05) is 31.2 Å². The first-order valence-corrected chi connectivity index (χ1v) is 8.53. The summed E-state index contributed by atoms with van der Waals surface area (Å²) in [5.41, 5.74) is 0.536. The van der Waals surface area contributed by atoms with Gasteiger partial charge in [-0.25, -0.2) is 4.99 Å². The highest BCUT2D eigenvalue weighted by Crippen LogP contribution is 2.27. The minimum absolute atomic E-state index is 0.557. The fraction of sp³-hybridized carbons (Fsp3) is 0.611. The number of hydrogen-bond acceptors (Lipinski definition) is 3. The molecule has 5 heteroatoms. The van der Waals surface area contributed by atoms with Crippen molar-refractivity contribution < 1.29 is 9.84 Å². The Hall–Kier alpha value is -1.75. The first-order valence-electron chi connectivity index (χ1n) is 8.53. The predicted molar refractivity (Wildman–Crippen MR) is 93.8 cm³/mol. The van der Waals surface area contributed by atoms with E-state index in [9.17, 15) is 5.11 Å². The summed E-state index contributed by atoms with van der Waals surface area (Å²) >= 11 is 0. The Morgan fingerprint density at radius 1 is 1.17 bits per heavy atom. The van der Waals surface area contributed by atoms with Crippen molar-refractivity contribution in [3.05, 3.63) is 29.8 Å². The minimum Gasteiger partial charge on any atom is -0.497 e. The van der Waals surface area contributed by atoms with Crippen LogP contribution in [0.3, 0.4) is 0 Å². The van der Waals surface area contributed by atoms with Gasteiger partial charge >= 0.3 is 0 Å². The molecule has 0 bridgehead atoms. The van der Waals surface area contributed by atoms with Crippen LogP contribution in [-0.4, -0.2) is 36.9 Å². The van der Waals surface area contributed by atoms with E-state index in [4.69, 9.17) is 4.74 Å². The van der Waals surface area contributed by atoms with Gasteiger partial charge in [-0.2, -0.15) is 0 Å². The third-order valence-corrected chi connectivity index (χ3v) is 4.29. The summed E-state index contributed by atoms with van der Waals surface area (Å²) in [5, 5.41) is 17.1. The smallest absolute Gasteiger partial charge is 0.191 e. The number of benzene rings is 1. The standard InChI is InChI=1S/C18H29N3O2/c1-3-19-17(21-14-18(22)11-5-4-6-12-18)20-13-15-7-9-16(23-2)10-8-15/h7-10,22H,3-6,11-14H2,1-2H3,(H2,19,20,21). The summed E-state index contributed by atoms with van der Waals surface area (Å²) in [6.45, 7) is 3.99. The molecule has 0 saturated heterocycles. The van der Waals surface area contributed by atoms with Gasteiger partial charge in [-0.05, 0) is 37.5 Å². The van der Waals surface area contributed by atoms with Crippen molar-refractivity contribution in [1.29, 1.82) is 0 Å². The molecule has 1 aromatic rings. The normalized spacial score (nSPS) is 17.6. The number of nitrogens with zero attached hydrogens (tertiary/aromatic N) is 1. The topological polar surface area (TPSA) is 65.9 Å². The zero-order chi connectivity index (χ0) is 16.5. The van der Waals surface area contributed by atoms with Crippen LogP contribution in [0.2, 0.25) is 0 Å². The molecule has 128 valence electrons. The number of aliphatic imine (C=N–C) groups is 1. The molecule has 0 radical (unpaired) electrons. The lowest BCUT2D eigenvalue weighted by atomic mass is 9.85. The van der Waals surface area contributed by atoms with Gasteiger partial charge in [0.25, 0.3) is 0 Å². The molecule has 5 nitrogen and oxygen atoms in total. The van der Waals surface area contributed by atoms with Gasteiger partial charge < -0.3 is 20.5 Å². The molecule has 0 amide bonds. The predicted octanol–water partition coefficient (Wildman–Crippen LogP) is 2.45. The first kappa shape index (κ1) is 17.6. The van der Waals surface area contributed by atoms with E-state index in [2.05, 4.69) is 15.6 Å². The Morgan fingerprint density at radius 3 is 2.48 bits per heavy atom. The second kappa shape index (κ2) is 8.77. The summed E-state index contributed by atoms with van der Waals surface area (Å²) in [4.78, 5) is 4.60. The van der Waals surface area contributed by atoms with Crippen molar-refractivity contribution >= 4 is 5.96 Å². The van der Waals surface area contributed by atoms with Gasteiger partial charge in [-0.1, -0.05) is 31.4 Å². The maximum absolute atomic E-state index is 10.6. The van der Waals surface area contributed by atoms with Gasteiger partial charge in [0, 0.05) is 13.1 Å². The van der Waals surface area contributed by atoms with Crippen LogP contribution in [0.5, 0.6) is 5.75 Å². The minimum atomic E-state index is -0.589. The largest absolute Gasteiger partial charge is 0.497 e. The molecule has 0 unspecified atom stereocenters. The number of guanidine groups is 1. The number of methoxy groups -OCH3 is 1. The Kier molecular flexibility index (Phi) is 6.71. The highest BCUT2D eigenvalue weighted by Gasteiger charge is 2.29. The van der Waals surface area contributed by atoms with Crippen LogP contribution < -0.4 is 15.4 Å². The van der Waals surface area contributed by atoms with Crippen LogP contribution in [-0.2, 0) is 6.54 Å². The summed E-state index contributed by atoms with van der Waals surface area (Å²) in [6.07, 6.45) is 5.19. The molecule has 1 aliphatic rings. The zero-order valence-electron chi connectivity index (χ0n) is 14.3. The van der Waals surface area contributed by atoms with E-state index < -0.39 is 5.60 Å². The summed E-state index contributed by atoms with van der Waals surface area (Å²) in [7, 11) is 1.66. The molecular formula is C18H29N3O2. The quantitative estimate of drug-likeness (QED) is 0.556. The van der Waals surface area contributed by atoms with Crippen LogP contribution in [0.25, 0.3) is 0 Å². The number of hydrogen-bond donors (Lipinski definition) is 3. The van der Waals surface area contributed by atoms with Gasteiger partial charge in [0.2, 0.25) is 0 Å². The summed E-state index contributed by atoms with van der Waals surface area (Å²) in [6, 6.07) is 7.91. The molecule has 1 fully saturated rings. The molecule has 3 N–H and O–H groups in total. The van der Waals surface area contributed by atoms with Gasteiger partial charge in [-0.3, -0.25) is 0 Å². The second-order valence-corrected chi connectivity index (χ2v) is 6.18. The van der Waals surface area contributed by atoms with Gasteiger partial charge in [0.15, 0.2) is 5.96 Å². The lowest BCUT2D eigenvalue weighted by Gasteiger charge is -2.32. The molecular weight excluding hydrogens is 290 g/mol. The van der Waals surface area contributed by atoms with Crippen LogP contribution >= 0.6 is 0 Å². The van der Waals surface area contributed by atoms with E-state index in [1.54, 1.807) is 7.11 Å². The molecule has 0 atom stereocenters. The van der Waals surface area contributed by atoms with Crippen molar-refractivity contribution in [3.8, 4) is 5.75 Å². The maximum atomic E-state index is 10.6. The van der Waals surface area contributed by atoms with E-state index in [-0.39, 0.29) is 0 Å². The SMILES string of the molecule is CCNC(=NCc1ccc(OC)cc1)NCC1(O)CCCCC1.